The van der Waals surface area contributed by atoms with Gasteiger partial charge in [-0.3, -0.25) is 4.57 Å². The summed E-state index contributed by atoms with van der Waals surface area (Å²) < 4.78 is 34.4. The first-order valence-corrected chi connectivity index (χ1v) is 10.2. The first-order valence-electron chi connectivity index (χ1n) is 9.42. The first-order chi connectivity index (χ1) is 14.3. The van der Waals surface area contributed by atoms with E-state index in [2.05, 4.69) is 15.3 Å². The largest absolute Gasteiger partial charge is 0.438 e. The predicted molar refractivity (Wildman–Crippen MR) is 106 cm³/mol. The van der Waals surface area contributed by atoms with E-state index in [0.717, 1.165) is 35.7 Å². The molecule has 0 saturated heterocycles. The van der Waals surface area contributed by atoms with Crippen molar-refractivity contribution >= 4 is 22.2 Å². The number of fused-ring (bicyclic) bond motifs is 2. The molecule has 8 nitrogen and oxygen atoms in total. The summed E-state index contributed by atoms with van der Waals surface area (Å²) in [4.78, 5) is 18.8. The molecule has 3 aromatic rings. The lowest BCUT2D eigenvalue weighted by atomic mass is 9.92. The molecule has 2 unspecified atom stereocenters. The topological polar surface area (TPSA) is 95.1 Å². The van der Waals surface area contributed by atoms with Crippen LogP contribution < -0.4 is 10.1 Å². The van der Waals surface area contributed by atoms with Gasteiger partial charge in [0.1, 0.15) is 21.8 Å². The molecule has 0 bridgehead atoms. The minimum atomic E-state index is -0.893. The minimum Gasteiger partial charge on any atom is -0.438 e. The minimum absolute atomic E-state index is 0.125. The normalized spacial score (nSPS) is 22.2. The highest BCUT2D eigenvalue weighted by Crippen LogP contribution is 2.40. The third-order valence-corrected chi connectivity index (χ3v) is 6.44. The molecule has 0 spiro atoms. The SMILES string of the molecule is CC1(CC2CCc3nc(-c4ccc(F)c(F)c4)sc3N2)Cn2cc([N+](=O)[O-])nc2O1. The molecule has 4 heterocycles. The van der Waals surface area contributed by atoms with Crippen molar-refractivity contribution in [1.82, 2.24) is 14.5 Å². The zero-order chi connectivity index (χ0) is 21.0. The van der Waals surface area contributed by atoms with E-state index >= 15 is 0 Å². The molecule has 2 aromatic heterocycles. The van der Waals surface area contributed by atoms with Crippen LogP contribution in [-0.2, 0) is 13.0 Å². The molecule has 5 rings (SSSR count). The molecule has 30 heavy (non-hydrogen) atoms. The number of ether oxygens (including phenoxy) is 1. The number of hydrogen-bond acceptors (Lipinski definition) is 7. The van der Waals surface area contributed by atoms with Crippen LogP contribution in [0.15, 0.2) is 24.4 Å². The summed E-state index contributed by atoms with van der Waals surface area (Å²) >= 11 is 1.41. The average Bonchev–Trinajstić information content (AvgIpc) is 3.34. The number of nitrogens with zero attached hydrogens (tertiary/aromatic N) is 4. The fraction of sp³-hybridized carbons (Fsp3) is 0.368. The Hall–Kier alpha value is -3.08. The van der Waals surface area contributed by atoms with Crippen molar-refractivity contribution in [2.24, 2.45) is 0 Å². The van der Waals surface area contributed by atoms with Crippen LogP contribution in [0.1, 0.15) is 25.5 Å². The van der Waals surface area contributed by atoms with E-state index in [1.54, 1.807) is 4.57 Å². The molecule has 11 heteroatoms. The number of nitro groups is 1. The Kier molecular flexibility index (Phi) is 4.24. The second-order valence-corrected chi connectivity index (χ2v) is 8.83. The van der Waals surface area contributed by atoms with Crippen LogP contribution in [-0.4, -0.2) is 31.1 Å². The molecule has 2 atom stereocenters. The second kappa shape index (κ2) is 6.73. The Bertz CT molecular complexity index is 1140. The highest BCUT2D eigenvalue weighted by Gasteiger charge is 2.42. The van der Waals surface area contributed by atoms with Crippen molar-refractivity contribution in [3.8, 4) is 16.6 Å². The monoisotopic (exact) mass is 433 g/mol. The molecule has 0 fully saturated rings. The molecule has 0 aliphatic carbocycles. The maximum Gasteiger partial charge on any atom is 0.414 e. The van der Waals surface area contributed by atoms with Gasteiger partial charge in [0.05, 0.1) is 12.2 Å². The lowest BCUT2D eigenvalue weighted by Gasteiger charge is -2.30. The zero-order valence-electron chi connectivity index (χ0n) is 15.9. The maximum absolute atomic E-state index is 13.6. The van der Waals surface area contributed by atoms with E-state index < -0.39 is 22.2 Å². The number of hydrogen-bond donors (Lipinski definition) is 1. The van der Waals surface area contributed by atoms with Crippen LogP contribution in [0, 0.1) is 21.7 Å². The Morgan fingerprint density at radius 3 is 2.97 bits per heavy atom. The number of nitrogens with one attached hydrogen (secondary N) is 1. The summed E-state index contributed by atoms with van der Waals surface area (Å²) in [6.45, 7) is 2.45. The molecule has 2 aliphatic rings. The summed E-state index contributed by atoms with van der Waals surface area (Å²) in [5.74, 6) is -1.99. The molecular weight excluding hydrogens is 416 g/mol. The van der Waals surface area contributed by atoms with E-state index in [4.69, 9.17) is 4.74 Å². The van der Waals surface area contributed by atoms with Crippen molar-refractivity contribution in [3.05, 3.63) is 51.8 Å². The standard InChI is InChI=1S/C19H17F2N5O3S/c1-19(9-25-8-15(26(27)28)24-18(25)29-19)7-11-3-5-14-17(22-11)30-16(23-14)10-2-4-12(20)13(21)6-10/h2,4,6,8,11,22H,3,5,7,9H2,1H3. The van der Waals surface area contributed by atoms with Gasteiger partial charge in [0.15, 0.2) is 11.6 Å². The fourth-order valence-electron chi connectivity index (χ4n) is 4.02. The fourth-order valence-corrected chi connectivity index (χ4v) is 5.10. The van der Waals surface area contributed by atoms with Crippen LogP contribution >= 0.6 is 11.3 Å². The van der Waals surface area contributed by atoms with Gasteiger partial charge in [-0.15, -0.1) is 0 Å². The molecule has 1 N–H and O–H groups in total. The van der Waals surface area contributed by atoms with Crippen molar-refractivity contribution < 1.29 is 18.4 Å². The van der Waals surface area contributed by atoms with E-state index in [0.29, 0.717) is 23.5 Å². The highest BCUT2D eigenvalue weighted by atomic mass is 32.1. The van der Waals surface area contributed by atoms with Crippen LogP contribution in [0.5, 0.6) is 6.01 Å². The average molecular weight is 433 g/mol. The Morgan fingerprint density at radius 2 is 2.23 bits per heavy atom. The van der Waals surface area contributed by atoms with E-state index in [1.165, 1.54) is 23.6 Å². The Morgan fingerprint density at radius 1 is 1.40 bits per heavy atom. The number of imidazole rings is 1. The lowest BCUT2D eigenvalue weighted by molar-refractivity contribution is -0.389. The van der Waals surface area contributed by atoms with Gasteiger partial charge < -0.3 is 20.2 Å². The Balaban J connectivity index is 1.29. The quantitative estimate of drug-likeness (QED) is 0.490. The molecule has 2 aliphatic heterocycles. The summed E-state index contributed by atoms with van der Waals surface area (Å²) in [5, 5.41) is 15.9. The summed E-state index contributed by atoms with van der Waals surface area (Å²) in [5.41, 5.74) is 0.932. The third kappa shape index (κ3) is 3.28. The Labute approximate surface area is 173 Å². The van der Waals surface area contributed by atoms with Crippen molar-refractivity contribution in [1.29, 1.82) is 0 Å². The van der Waals surface area contributed by atoms with E-state index in [1.807, 2.05) is 6.92 Å². The number of rotatable bonds is 4. The summed E-state index contributed by atoms with van der Waals surface area (Å²) in [7, 11) is 0. The van der Waals surface area contributed by atoms with Crippen molar-refractivity contribution in [3.63, 3.8) is 0 Å². The van der Waals surface area contributed by atoms with Gasteiger partial charge in [-0.05, 0) is 42.9 Å². The number of aromatic nitrogens is 3. The van der Waals surface area contributed by atoms with Crippen LogP contribution in [0.2, 0.25) is 0 Å². The molecular formula is C19H17F2N5O3S. The molecule has 0 saturated carbocycles. The second-order valence-electron chi connectivity index (χ2n) is 7.83. The van der Waals surface area contributed by atoms with Crippen LogP contribution in [0.25, 0.3) is 10.6 Å². The van der Waals surface area contributed by atoms with E-state index in [-0.39, 0.29) is 17.9 Å². The van der Waals surface area contributed by atoms with Crippen LogP contribution in [0.3, 0.4) is 0 Å². The third-order valence-electron chi connectivity index (χ3n) is 5.36. The van der Waals surface area contributed by atoms with Crippen molar-refractivity contribution in [2.45, 2.75) is 44.4 Å². The number of halogens is 2. The van der Waals surface area contributed by atoms with Gasteiger partial charge in [0, 0.05) is 23.0 Å². The van der Waals surface area contributed by atoms with Gasteiger partial charge in [0.25, 0.3) is 0 Å². The van der Waals surface area contributed by atoms with E-state index in [9.17, 15) is 18.9 Å². The van der Waals surface area contributed by atoms with Crippen LogP contribution in [0.4, 0.5) is 19.6 Å². The summed E-state index contributed by atoms with van der Waals surface area (Å²) in [6, 6.07) is 4.17. The summed E-state index contributed by atoms with van der Waals surface area (Å²) in [6.07, 6.45) is 3.68. The maximum atomic E-state index is 13.6. The van der Waals surface area contributed by atoms with Crippen molar-refractivity contribution in [2.75, 3.05) is 5.32 Å². The molecule has 1 aromatic carbocycles. The molecule has 0 amide bonds. The zero-order valence-corrected chi connectivity index (χ0v) is 16.7. The molecule has 156 valence electrons. The van der Waals surface area contributed by atoms with Gasteiger partial charge in [-0.1, -0.05) is 11.3 Å². The van der Waals surface area contributed by atoms with Gasteiger partial charge >= 0.3 is 11.8 Å². The highest BCUT2D eigenvalue weighted by molar-refractivity contribution is 7.19. The number of anilines is 1. The van der Waals surface area contributed by atoms with Gasteiger partial charge in [-0.25, -0.2) is 13.8 Å². The smallest absolute Gasteiger partial charge is 0.414 e. The number of aryl methyl sites for hydroxylation is 1. The lowest BCUT2D eigenvalue weighted by Crippen LogP contribution is -2.39. The van der Waals surface area contributed by atoms with Gasteiger partial charge in [-0.2, -0.15) is 0 Å². The predicted octanol–water partition coefficient (Wildman–Crippen LogP) is 4.16. The first kappa shape index (κ1) is 18.9. The van der Waals surface area contributed by atoms with Gasteiger partial charge in [0.2, 0.25) is 0 Å². The number of benzene rings is 1. The number of thiazole rings is 1. The molecule has 0 radical (unpaired) electrons.